The molecule has 3 rings (SSSR count). The second kappa shape index (κ2) is 9.18. The maximum atomic E-state index is 13.1. The van der Waals surface area contributed by atoms with Crippen molar-refractivity contribution in [1.29, 1.82) is 5.26 Å². The van der Waals surface area contributed by atoms with Crippen molar-refractivity contribution in [3.8, 4) is 17.7 Å². The molecule has 1 fully saturated rings. The molecule has 0 bridgehead atoms. The average molecular weight is 443 g/mol. The van der Waals surface area contributed by atoms with E-state index in [1.54, 1.807) is 23.2 Å². The lowest BCUT2D eigenvalue weighted by molar-refractivity contribution is 0.0574. The Kier molecular flexibility index (Phi) is 6.65. The summed E-state index contributed by atoms with van der Waals surface area (Å²) in [4.78, 5) is 21.3. The van der Waals surface area contributed by atoms with Gasteiger partial charge in [-0.1, -0.05) is 29.8 Å². The van der Waals surface area contributed by atoms with Gasteiger partial charge in [-0.15, -0.1) is 0 Å². The van der Waals surface area contributed by atoms with Gasteiger partial charge in [0.25, 0.3) is 5.91 Å². The standard InChI is InChI=1S/C21H23BrN4O2/c1-15(2)19(14-23)25-10-12-26(13-11-25)21(27)18-4-3-9-24-20(18)28-17-7-5-16(22)6-8-17/h3-9,15,19H,10-13H2,1-2H3. The first-order valence-electron chi connectivity index (χ1n) is 9.31. The van der Waals surface area contributed by atoms with Crippen molar-refractivity contribution in [1.82, 2.24) is 14.8 Å². The molecule has 0 spiro atoms. The van der Waals surface area contributed by atoms with Gasteiger partial charge in [0, 0.05) is 36.8 Å². The topological polar surface area (TPSA) is 69.5 Å². The van der Waals surface area contributed by atoms with E-state index in [9.17, 15) is 10.1 Å². The molecular weight excluding hydrogens is 420 g/mol. The van der Waals surface area contributed by atoms with Gasteiger partial charge in [-0.05, 0) is 42.3 Å². The molecule has 2 heterocycles. The number of nitriles is 1. The molecule has 1 aromatic carbocycles. The summed E-state index contributed by atoms with van der Waals surface area (Å²) in [6.07, 6.45) is 1.61. The molecule has 1 saturated heterocycles. The predicted octanol–water partition coefficient (Wildman–Crippen LogP) is 3.94. The fourth-order valence-corrected chi connectivity index (χ4v) is 3.54. The zero-order valence-corrected chi connectivity index (χ0v) is 17.6. The van der Waals surface area contributed by atoms with Crippen LogP contribution in [0.4, 0.5) is 0 Å². The van der Waals surface area contributed by atoms with E-state index >= 15 is 0 Å². The molecule has 28 heavy (non-hydrogen) atoms. The van der Waals surface area contributed by atoms with Crippen molar-refractivity contribution in [3.05, 3.63) is 52.6 Å². The van der Waals surface area contributed by atoms with Crippen molar-refractivity contribution < 1.29 is 9.53 Å². The van der Waals surface area contributed by atoms with Gasteiger partial charge in [0.15, 0.2) is 0 Å². The molecule has 1 amide bonds. The molecule has 6 nitrogen and oxygen atoms in total. The largest absolute Gasteiger partial charge is 0.438 e. The Bertz CT molecular complexity index is 855. The van der Waals surface area contributed by atoms with Gasteiger partial charge >= 0.3 is 0 Å². The number of halogens is 1. The summed E-state index contributed by atoms with van der Waals surface area (Å²) in [6, 6.07) is 13.1. The van der Waals surface area contributed by atoms with Gasteiger partial charge in [0.2, 0.25) is 5.88 Å². The quantitative estimate of drug-likeness (QED) is 0.700. The zero-order chi connectivity index (χ0) is 20.1. The predicted molar refractivity (Wildman–Crippen MR) is 110 cm³/mol. The van der Waals surface area contributed by atoms with E-state index in [0.29, 0.717) is 43.4 Å². The smallest absolute Gasteiger partial charge is 0.259 e. The third-order valence-corrected chi connectivity index (χ3v) is 5.32. The summed E-state index contributed by atoms with van der Waals surface area (Å²) in [5.74, 6) is 1.08. The summed E-state index contributed by atoms with van der Waals surface area (Å²) in [5, 5.41) is 9.40. The molecule has 146 valence electrons. The molecule has 1 aromatic heterocycles. The van der Waals surface area contributed by atoms with E-state index < -0.39 is 0 Å². The maximum Gasteiger partial charge on any atom is 0.259 e. The minimum Gasteiger partial charge on any atom is -0.438 e. The second-order valence-corrected chi connectivity index (χ2v) is 7.97. The van der Waals surface area contributed by atoms with Crippen LogP contribution in [-0.2, 0) is 0 Å². The number of carbonyl (C=O) groups excluding carboxylic acids is 1. The van der Waals surface area contributed by atoms with Crippen LogP contribution in [-0.4, -0.2) is 52.9 Å². The molecular formula is C21H23BrN4O2. The summed E-state index contributed by atoms with van der Waals surface area (Å²) < 4.78 is 6.80. The van der Waals surface area contributed by atoms with E-state index in [2.05, 4.69) is 31.9 Å². The highest BCUT2D eigenvalue weighted by Crippen LogP contribution is 2.26. The number of piperazine rings is 1. The number of carbonyl (C=O) groups is 1. The molecule has 1 aliphatic rings. The highest BCUT2D eigenvalue weighted by molar-refractivity contribution is 9.10. The fourth-order valence-electron chi connectivity index (χ4n) is 3.28. The number of rotatable bonds is 5. The minimum absolute atomic E-state index is 0.0992. The van der Waals surface area contributed by atoms with Crippen LogP contribution in [0.2, 0.25) is 0 Å². The number of benzene rings is 1. The Morgan fingerprint density at radius 2 is 1.86 bits per heavy atom. The van der Waals surface area contributed by atoms with Crippen molar-refractivity contribution in [3.63, 3.8) is 0 Å². The van der Waals surface area contributed by atoms with Crippen LogP contribution >= 0.6 is 15.9 Å². The van der Waals surface area contributed by atoms with Gasteiger partial charge < -0.3 is 9.64 Å². The lowest BCUT2D eigenvalue weighted by Crippen LogP contribution is -2.52. The molecule has 1 aliphatic heterocycles. The van der Waals surface area contributed by atoms with Crippen LogP contribution in [0.1, 0.15) is 24.2 Å². The van der Waals surface area contributed by atoms with E-state index in [4.69, 9.17) is 4.74 Å². The Balaban J connectivity index is 1.70. The van der Waals surface area contributed by atoms with Crippen LogP contribution in [0.25, 0.3) is 0 Å². The number of pyridine rings is 1. The van der Waals surface area contributed by atoms with Crippen molar-refractivity contribution in [2.24, 2.45) is 5.92 Å². The Labute approximate surface area is 173 Å². The van der Waals surface area contributed by atoms with Crippen LogP contribution in [0.15, 0.2) is 47.1 Å². The number of amides is 1. The highest BCUT2D eigenvalue weighted by Gasteiger charge is 2.29. The molecule has 0 aliphatic carbocycles. The Morgan fingerprint density at radius 1 is 1.18 bits per heavy atom. The summed E-state index contributed by atoms with van der Waals surface area (Å²) in [5.41, 5.74) is 0.444. The van der Waals surface area contributed by atoms with Crippen molar-refractivity contribution in [2.45, 2.75) is 19.9 Å². The molecule has 0 N–H and O–H groups in total. The first-order chi connectivity index (χ1) is 13.5. The monoisotopic (exact) mass is 442 g/mol. The van der Waals surface area contributed by atoms with Gasteiger partial charge in [-0.25, -0.2) is 4.98 Å². The number of ether oxygens (including phenoxy) is 1. The van der Waals surface area contributed by atoms with Crippen molar-refractivity contribution >= 4 is 21.8 Å². The van der Waals surface area contributed by atoms with Crippen LogP contribution in [0, 0.1) is 17.2 Å². The van der Waals surface area contributed by atoms with Gasteiger partial charge in [-0.3, -0.25) is 9.69 Å². The Hall–Kier alpha value is -2.43. The molecule has 7 heteroatoms. The lowest BCUT2D eigenvalue weighted by Gasteiger charge is -2.38. The van der Waals surface area contributed by atoms with Crippen LogP contribution in [0.3, 0.4) is 0 Å². The average Bonchev–Trinajstić information content (AvgIpc) is 2.70. The zero-order valence-electron chi connectivity index (χ0n) is 16.0. The van der Waals surface area contributed by atoms with Crippen LogP contribution < -0.4 is 4.74 Å². The number of hydrogen-bond donors (Lipinski definition) is 0. The highest BCUT2D eigenvalue weighted by atomic mass is 79.9. The first-order valence-corrected chi connectivity index (χ1v) is 10.1. The van der Waals surface area contributed by atoms with Gasteiger partial charge in [0.05, 0.1) is 6.07 Å². The fraction of sp³-hybridized carbons (Fsp3) is 0.381. The van der Waals surface area contributed by atoms with Gasteiger partial charge in [0.1, 0.15) is 17.4 Å². The summed E-state index contributed by atoms with van der Waals surface area (Å²) in [7, 11) is 0. The molecule has 0 saturated carbocycles. The SMILES string of the molecule is CC(C)C(C#N)N1CCN(C(=O)c2cccnc2Oc2ccc(Br)cc2)CC1. The third kappa shape index (κ3) is 4.70. The lowest BCUT2D eigenvalue weighted by atomic mass is 10.0. The number of hydrogen-bond acceptors (Lipinski definition) is 5. The third-order valence-electron chi connectivity index (χ3n) is 4.79. The van der Waals surface area contributed by atoms with Gasteiger partial charge in [-0.2, -0.15) is 5.26 Å². The minimum atomic E-state index is -0.119. The maximum absolute atomic E-state index is 13.1. The van der Waals surface area contributed by atoms with E-state index in [1.165, 1.54) is 0 Å². The Morgan fingerprint density at radius 3 is 2.46 bits per heavy atom. The molecule has 0 radical (unpaired) electrons. The summed E-state index contributed by atoms with van der Waals surface area (Å²) >= 11 is 3.39. The first kappa shape index (κ1) is 20.3. The van der Waals surface area contributed by atoms with E-state index in [0.717, 1.165) is 4.47 Å². The van der Waals surface area contributed by atoms with E-state index in [-0.39, 0.29) is 17.9 Å². The molecule has 2 aromatic rings. The summed E-state index contributed by atoms with van der Waals surface area (Å²) in [6.45, 7) is 6.63. The van der Waals surface area contributed by atoms with E-state index in [1.807, 2.05) is 38.1 Å². The molecule has 1 atom stereocenters. The van der Waals surface area contributed by atoms with Crippen molar-refractivity contribution in [2.75, 3.05) is 26.2 Å². The normalized spacial score (nSPS) is 15.9. The number of nitrogens with zero attached hydrogens (tertiary/aromatic N) is 4. The van der Waals surface area contributed by atoms with Crippen LogP contribution in [0.5, 0.6) is 11.6 Å². The molecule has 1 unspecified atom stereocenters. The number of aromatic nitrogens is 1. The second-order valence-electron chi connectivity index (χ2n) is 7.06.